The van der Waals surface area contributed by atoms with Crippen molar-refractivity contribution < 1.29 is 9.90 Å². The third-order valence-electron chi connectivity index (χ3n) is 2.96. The van der Waals surface area contributed by atoms with Gasteiger partial charge in [-0.3, -0.25) is 0 Å². The van der Waals surface area contributed by atoms with E-state index in [-0.39, 0.29) is 0 Å². The maximum Gasteiger partial charge on any atom is 0.337 e. The number of benzene rings is 1. The van der Waals surface area contributed by atoms with Gasteiger partial charge in [-0.2, -0.15) is 0 Å². The molecule has 0 amide bonds. The molecule has 19 heavy (non-hydrogen) atoms. The van der Waals surface area contributed by atoms with E-state index in [1.54, 1.807) is 6.07 Å². The average molecular weight is 255 g/mol. The lowest BCUT2D eigenvalue weighted by molar-refractivity contribution is 0.0695. The summed E-state index contributed by atoms with van der Waals surface area (Å²) in [7, 11) is 0. The van der Waals surface area contributed by atoms with Crippen molar-refractivity contribution in [2.45, 2.75) is 19.9 Å². The molecule has 0 aliphatic carbocycles. The highest BCUT2D eigenvalue weighted by atomic mass is 16.4. The highest BCUT2D eigenvalue weighted by Gasteiger charge is 2.15. The molecule has 0 spiro atoms. The predicted octanol–water partition coefficient (Wildman–Crippen LogP) is 3.35. The zero-order chi connectivity index (χ0) is 13.8. The topological polar surface area (TPSA) is 42.2 Å². The molecule has 0 saturated heterocycles. The molecule has 1 aromatic heterocycles. The minimum atomic E-state index is -0.883. The van der Waals surface area contributed by atoms with Gasteiger partial charge in [0.05, 0.1) is 5.56 Å². The Bertz CT molecular complexity index is 596. The monoisotopic (exact) mass is 255 g/mol. The molecule has 3 nitrogen and oxygen atoms in total. The van der Waals surface area contributed by atoms with Crippen LogP contribution in [0.5, 0.6) is 0 Å². The number of carbonyl (C=O) groups is 1. The number of carboxylic acid groups (broad SMARTS) is 1. The Kier molecular flexibility index (Phi) is 3.85. The van der Waals surface area contributed by atoms with Crippen LogP contribution < -0.4 is 0 Å². The fourth-order valence-electron chi connectivity index (χ4n) is 2.13. The van der Waals surface area contributed by atoms with E-state index in [9.17, 15) is 9.90 Å². The van der Waals surface area contributed by atoms with Crippen LogP contribution in [0.1, 0.15) is 28.5 Å². The van der Waals surface area contributed by atoms with Gasteiger partial charge in [-0.15, -0.1) is 0 Å². The average Bonchev–Trinajstić information content (AvgIpc) is 2.73. The van der Waals surface area contributed by atoms with E-state index < -0.39 is 5.97 Å². The summed E-state index contributed by atoms with van der Waals surface area (Å²) in [5.74, 6) is -0.883. The first-order valence-corrected chi connectivity index (χ1v) is 6.17. The highest BCUT2D eigenvalue weighted by Crippen LogP contribution is 2.17. The Morgan fingerprint density at radius 1 is 1.26 bits per heavy atom. The molecular weight excluding hydrogens is 238 g/mol. The number of hydrogen-bond donors (Lipinski definition) is 1. The van der Waals surface area contributed by atoms with Crippen molar-refractivity contribution in [1.29, 1.82) is 0 Å². The van der Waals surface area contributed by atoms with Crippen molar-refractivity contribution >= 4 is 5.97 Å². The molecule has 2 rings (SSSR count). The standard InChI is InChI=1S/C16H17NO2/c1-12(2)11-17-9-8-14(16(18)19)15(17)10-13-6-4-3-5-7-13/h3-9H,1,10-11H2,2H3,(H,18,19). The summed E-state index contributed by atoms with van der Waals surface area (Å²) in [4.78, 5) is 11.3. The number of hydrogen-bond acceptors (Lipinski definition) is 1. The second kappa shape index (κ2) is 5.57. The van der Waals surface area contributed by atoms with Gasteiger partial charge in [0.2, 0.25) is 0 Å². The number of nitrogens with zero attached hydrogens (tertiary/aromatic N) is 1. The Balaban J connectivity index is 2.37. The molecule has 0 bridgehead atoms. The molecule has 0 unspecified atom stereocenters. The van der Waals surface area contributed by atoms with Crippen LogP contribution in [0.4, 0.5) is 0 Å². The summed E-state index contributed by atoms with van der Waals surface area (Å²) in [5.41, 5.74) is 3.29. The third-order valence-corrected chi connectivity index (χ3v) is 2.96. The summed E-state index contributed by atoms with van der Waals surface area (Å²) in [6.07, 6.45) is 2.43. The summed E-state index contributed by atoms with van der Waals surface area (Å²) >= 11 is 0. The third kappa shape index (κ3) is 3.13. The van der Waals surface area contributed by atoms with E-state index in [4.69, 9.17) is 0 Å². The van der Waals surface area contributed by atoms with E-state index in [1.807, 2.05) is 48.0 Å². The lowest BCUT2D eigenvalue weighted by Crippen LogP contribution is -2.08. The quantitative estimate of drug-likeness (QED) is 0.832. The Hall–Kier alpha value is -2.29. The second-order valence-electron chi connectivity index (χ2n) is 4.73. The van der Waals surface area contributed by atoms with E-state index in [0.29, 0.717) is 18.5 Å². The molecule has 98 valence electrons. The Morgan fingerprint density at radius 3 is 2.53 bits per heavy atom. The van der Waals surface area contributed by atoms with Gasteiger partial charge in [-0.05, 0) is 18.6 Å². The van der Waals surface area contributed by atoms with Gasteiger partial charge in [-0.25, -0.2) is 4.79 Å². The van der Waals surface area contributed by atoms with Gasteiger partial charge in [0.15, 0.2) is 0 Å². The van der Waals surface area contributed by atoms with Crippen molar-refractivity contribution in [3.05, 3.63) is 71.6 Å². The zero-order valence-corrected chi connectivity index (χ0v) is 11.0. The zero-order valence-electron chi connectivity index (χ0n) is 11.0. The maximum atomic E-state index is 11.3. The number of carboxylic acids is 1. The van der Waals surface area contributed by atoms with E-state index in [2.05, 4.69) is 6.58 Å². The first-order valence-electron chi connectivity index (χ1n) is 6.17. The fraction of sp³-hybridized carbons (Fsp3) is 0.188. The highest BCUT2D eigenvalue weighted by molar-refractivity contribution is 5.89. The molecule has 1 N–H and O–H groups in total. The van der Waals surface area contributed by atoms with Crippen molar-refractivity contribution in [2.75, 3.05) is 0 Å². The lowest BCUT2D eigenvalue weighted by atomic mass is 10.1. The molecular formula is C16H17NO2. The minimum absolute atomic E-state index is 0.366. The number of allylic oxidation sites excluding steroid dienone is 1. The van der Waals surface area contributed by atoms with Crippen LogP contribution in [0.25, 0.3) is 0 Å². The molecule has 0 atom stereocenters. The number of rotatable bonds is 5. The normalized spacial score (nSPS) is 10.4. The van der Waals surface area contributed by atoms with Crippen molar-refractivity contribution in [3.63, 3.8) is 0 Å². The van der Waals surface area contributed by atoms with Crippen molar-refractivity contribution in [1.82, 2.24) is 4.57 Å². The predicted molar refractivity (Wildman–Crippen MR) is 75.5 cm³/mol. The van der Waals surface area contributed by atoms with E-state index >= 15 is 0 Å². The van der Waals surface area contributed by atoms with Gasteiger partial charge in [-0.1, -0.05) is 42.5 Å². The molecule has 0 aliphatic rings. The molecule has 0 saturated carbocycles. The van der Waals surface area contributed by atoms with E-state index in [1.165, 1.54) is 0 Å². The summed E-state index contributed by atoms with van der Waals surface area (Å²) in [5, 5.41) is 9.26. The maximum absolute atomic E-state index is 11.3. The fourth-order valence-corrected chi connectivity index (χ4v) is 2.13. The van der Waals surface area contributed by atoms with Crippen LogP contribution in [-0.4, -0.2) is 15.6 Å². The molecule has 2 aromatic rings. The number of aromatic carboxylic acids is 1. The minimum Gasteiger partial charge on any atom is -0.478 e. The molecule has 3 heteroatoms. The van der Waals surface area contributed by atoms with Crippen LogP contribution in [0.15, 0.2) is 54.7 Å². The summed E-state index contributed by atoms with van der Waals surface area (Å²) in [6, 6.07) is 11.5. The SMILES string of the molecule is C=C(C)Cn1ccc(C(=O)O)c1Cc1ccccc1. The first kappa shape index (κ1) is 13.1. The van der Waals surface area contributed by atoms with Gasteiger partial charge in [0.1, 0.15) is 0 Å². The van der Waals surface area contributed by atoms with Gasteiger partial charge in [0, 0.05) is 24.9 Å². The van der Waals surface area contributed by atoms with Crippen molar-refractivity contribution in [2.24, 2.45) is 0 Å². The Morgan fingerprint density at radius 2 is 1.95 bits per heavy atom. The van der Waals surface area contributed by atoms with Crippen LogP contribution in [0.3, 0.4) is 0 Å². The largest absolute Gasteiger partial charge is 0.478 e. The molecule has 1 heterocycles. The van der Waals surface area contributed by atoms with Crippen LogP contribution in [-0.2, 0) is 13.0 Å². The molecule has 1 aromatic carbocycles. The smallest absolute Gasteiger partial charge is 0.337 e. The molecule has 0 fully saturated rings. The van der Waals surface area contributed by atoms with Crippen LogP contribution >= 0.6 is 0 Å². The first-order chi connectivity index (χ1) is 9.08. The second-order valence-corrected chi connectivity index (χ2v) is 4.73. The van der Waals surface area contributed by atoms with Gasteiger partial charge < -0.3 is 9.67 Å². The van der Waals surface area contributed by atoms with E-state index in [0.717, 1.165) is 16.8 Å². The molecule has 0 radical (unpaired) electrons. The summed E-state index contributed by atoms with van der Waals surface area (Å²) in [6.45, 7) is 6.47. The van der Waals surface area contributed by atoms with Gasteiger partial charge >= 0.3 is 5.97 Å². The van der Waals surface area contributed by atoms with Crippen LogP contribution in [0, 0.1) is 0 Å². The number of aromatic nitrogens is 1. The van der Waals surface area contributed by atoms with Crippen molar-refractivity contribution in [3.8, 4) is 0 Å². The van der Waals surface area contributed by atoms with Crippen LogP contribution in [0.2, 0.25) is 0 Å². The summed E-state index contributed by atoms with van der Waals surface area (Å²) < 4.78 is 1.96. The van der Waals surface area contributed by atoms with Gasteiger partial charge in [0.25, 0.3) is 0 Å². The molecule has 0 aliphatic heterocycles. The Labute approximate surface area is 112 Å². The lowest BCUT2D eigenvalue weighted by Gasteiger charge is -2.10.